The normalized spacial score (nSPS) is 14.6. The zero-order valence-electron chi connectivity index (χ0n) is 13.9. The molecule has 1 fully saturated rings. The average Bonchev–Trinajstić information content (AvgIpc) is 3.19. The largest absolute Gasteiger partial charge is 0.368 e. The average molecular weight is 336 g/mol. The first-order valence-corrected chi connectivity index (χ1v) is 8.42. The lowest BCUT2D eigenvalue weighted by Crippen LogP contribution is -2.44. The summed E-state index contributed by atoms with van der Waals surface area (Å²) in [6.45, 7) is 4.07. The molecule has 0 saturated carbocycles. The number of nitrogens with one attached hydrogen (secondary N) is 1. The molecular formula is C18H20N6O. The van der Waals surface area contributed by atoms with Crippen LogP contribution >= 0.6 is 0 Å². The fourth-order valence-electron chi connectivity index (χ4n) is 3.08. The SMILES string of the molecule is O=c1cc(N2CCNCC2)cnn1Cc1ccccc1-n1cccn1. The molecular weight excluding hydrogens is 316 g/mol. The summed E-state index contributed by atoms with van der Waals surface area (Å²) in [4.78, 5) is 14.7. The molecule has 2 aromatic heterocycles. The van der Waals surface area contributed by atoms with Gasteiger partial charge in [0.05, 0.1) is 24.1 Å². The van der Waals surface area contributed by atoms with E-state index in [1.807, 2.05) is 36.5 Å². The smallest absolute Gasteiger partial charge is 0.269 e. The minimum absolute atomic E-state index is 0.0914. The van der Waals surface area contributed by atoms with E-state index < -0.39 is 0 Å². The van der Waals surface area contributed by atoms with Crippen molar-refractivity contribution >= 4 is 5.69 Å². The topological polar surface area (TPSA) is 68.0 Å². The molecule has 0 atom stereocenters. The Morgan fingerprint density at radius 1 is 1.08 bits per heavy atom. The number of nitrogens with zero attached hydrogens (tertiary/aromatic N) is 5. The summed E-state index contributed by atoms with van der Waals surface area (Å²) < 4.78 is 3.30. The lowest BCUT2D eigenvalue weighted by Gasteiger charge is -2.29. The highest BCUT2D eigenvalue weighted by Crippen LogP contribution is 2.15. The van der Waals surface area contributed by atoms with Gasteiger partial charge in [-0.1, -0.05) is 18.2 Å². The molecule has 1 N–H and O–H groups in total. The van der Waals surface area contributed by atoms with Crippen molar-refractivity contribution in [3.63, 3.8) is 0 Å². The number of aromatic nitrogens is 4. The summed E-state index contributed by atoms with van der Waals surface area (Å²) in [5.41, 5.74) is 2.75. The molecule has 1 aliphatic heterocycles. The summed E-state index contributed by atoms with van der Waals surface area (Å²) in [5, 5.41) is 12.0. The number of benzene rings is 1. The van der Waals surface area contributed by atoms with E-state index in [9.17, 15) is 4.79 Å². The summed E-state index contributed by atoms with van der Waals surface area (Å²) in [7, 11) is 0. The van der Waals surface area contributed by atoms with Crippen LogP contribution in [0.2, 0.25) is 0 Å². The lowest BCUT2D eigenvalue weighted by molar-refractivity contribution is 0.581. The van der Waals surface area contributed by atoms with Gasteiger partial charge in [-0.25, -0.2) is 9.36 Å². The van der Waals surface area contributed by atoms with Crippen LogP contribution in [0.4, 0.5) is 5.69 Å². The molecule has 3 heterocycles. The molecule has 25 heavy (non-hydrogen) atoms. The standard InChI is InChI=1S/C18H20N6O/c25-18-12-16(22-10-7-19-8-11-22)13-21-24(18)14-15-4-1-2-5-17(15)23-9-3-6-20-23/h1-6,9,12-13,19H,7-8,10-11,14H2. The van der Waals surface area contributed by atoms with E-state index in [1.54, 1.807) is 23.1 Å². The second kappa shape index (κ2) is 6.90. The van der Waals surface area contributed by atoms with Gasteiger partial charge >= 0.3 is 0 Å². The quantitative estimate of drug-likeness (QED) is 0.766. The molecule has 1 saturated heterocycles. The third-order valence-electron chi connectivity index (χ3n) is 4.40. The Bertz CT molecular complexity index is 896. The highest BCUT2D eigenvalue weighted by atomic mass is 16.1. The number of hydrogen-bond donors (Lipinski definition) is 1. The molecule has 0 unspecified atom stereocenters. The van der Waals surface area contributed by atoms with E-state index in [0.29, 0.717) is 6.54 Å². The van der Waals surface area contributed by atoms with Crippen LogP contribution < -0.4 is 15.8 Å². The second-order valence-corrected chi connectivity index (χ2v) is 6.03. The van der Waals surface area contributed by atoms with Gasteiger partial charge in [-0.3, -0.25) is 4.79 Å². The number of piperazine rings is 1. The Morgan fingerprint density at radius 3 is 2.68 bits per heavy atom. The van der Waals surface area contributed by atoms with Crippen molar-refractivity contribution in [3.05, 3.63) is 70.9 Å². The molecule has 128 valence electrons. The van der Waals surface area contributed by atoms with Gasteiger partial charge in [-0.05, 0) is 17.7 Å². The van der Waals surface area contributed by atoms with Gasteiger partial charge in [0, 0.05) is 44.6 Å². The fourth-order valence-corrected chi connectivity index (χ4v) is 3.08. The van der Waals surface area contributed by atoms with E-state index in [4.69, 9.17) is 0 Å². The van der Waals surface area contributed by atoms with Gasteiger partial charge in [0.15, 0.2) is 0 Å². The molecule has 1 aliphatic rings. The highest BCUT2D eigenvalue weighted by molar-refractivity contribution is 5.44. The molecule has 0 aliphatic carbocycles. The summed E-state index contributed by atoms with van der Waals surface area (Å²) in [5.74, 6) is 0. The lowest BCUT2D eigenvalue weighted by atomic mass is 10.2. The van der Waals surface area contributed by atoms with Crippen LogP contribution in [0.3, 0.4) is 0 Å². The predicted octanol–water partition coefficient (Wildman–Crippen LogP) is 0.887. The van der Waals surface area contributed by atoms with Crippen molar-refractivity contribution in [3.8, 4) is 5.69 Å². The van der Waals surface area contributed by atoms with Gasteiger partial charge in [0.25, 0.3) is 5.56 Å². The first-order valence-electron chi connectivity index (χ1n) is 8.42. The minimum atomic E-state index is -0.0914. The van der Waals surface area contributed by atoms with Crippen LogP contribution in [0, 0.1) is 0 Å². The van der Waals surface area contributed by atoms with Crippen LogP contribution in [0.5, 0.6) is 0 Å². The Kier molecular flexibility index (Phi) is 4.30. The van der Waals surface area contributed by atoms with E-state index in [-0.39, 0.29) is 5.56 Å². The number of rotatable bonds is 4. The monoisotopic (exact) mass is 336 g/mol. The zero-order valence-corrected chi connectivity index (χ0v) is 13.9. The third kappa shape index (κ3) is 3.32. The predicted molar refractivity (Wildman–Crippen MR) is 96.2 cm³/mol. The van der Waals surface area contributed by atoms with Crippen molar-refractivity contribution < 1.29 is 0 Å². The Hall–Kier alpha value is -2.93. The Balaban J connectivity index is 1.61. The second-order valence-electron chi connectivity index (χ2n) is 6.03. The third-order valence-corrected chi connectivity index (χ3v) is 4.40. The van der Waals surface area contributed by atoms with Crippen molar-refractivity contribution in [2.24, 2.45) is 0 Å². The summed E-state index contributed by atoms with van der Waals surface area (Å²) in [6.07, 6.45) is 5.41. The Morgan fingerprint density at radius 2 is 1.92 bits per heavy atom. The van der Waals surface area contributed by atoms with Crippen LogP contribution in [0.1, 0.15) is 5.56 Å². The Labute approximate surface area is 145 Å². The first-order chi connectivity index (χ1) is 12.3. The van der Waals surface area contributed by atoms with E-state index in [0.717, 1.165) is 43.1 Å². The molecule has 4 rings (SSSR count). The number of para-hydroxylation sites is 1. The molecule has 3 aromatic rings. The first kappa shape index (κ1) is 15.6. The molecule has 0 amide bonds. The van der Waals surface area contributed by atoms with Gasteiger partial charge in [0.1, 0.15) is 0 Å². The van der Waals surface area contributed by atoms with Crippen LogP contribution in [0.15, 0.2) is 59.8 Å². The van der Waals surface area contributed by atoms with Gasteiger partial charge in [-0.2, -0.15) is 10.2 Å². The van der Waals surface area contributed by atoms with E-state index in [2.05, 4.69) is 20.4 Å². The van der Waals surface area contributed by atoms with Gasteiger partial charge < -0.3 is 10.2 Å². The van der Waals surface area contributed by atoms with Crippen molar-refractivity contribution in [1.29, 1.82) is 0 Å². The summed E-state index contributed by atoms with van der Waals surface area (Å²) in [6, 6.07) is 11.5. The zero-order chi connectivity index (χ0) is 17.1. The minimum Gasteiger partial charge on any atom is -0.368 e. The molecule has 7 nitrogen and oxygen atoms in total. The van der Waals surface area contributed by atoms with E-state index in [1.165, 1.54) is 4.68 Å². The molecule has 0 radical (unpaired) electrons. The fraction of sp³-hybridized carbons (Fsp3) is 0.278. The highest BCUT2D eigenvalue weighted by Gasteiger charge is 2.13. The molecule has 0 spiro atoms. The van der Waals surface area contributed by atoms with Crippen molar-refractivity contribution in [2.45, 2.75) is 6.54 Å². The van der Waals surface area contributed by atoms with Gasteiger partial charge in [0.2, 0.25) is 0 Å². The number of anilines is 1. The van der Waals surface area contributed by atoms with Crippen LogP contribution in [0.25, 0.3) is 5.69 Å². The maximum atomic E-state index is 12.5. The van der Waals surface area contributed by atoms with E-state index >= 15 is 0 Å². The van der Waals surface area contributed by atoms with Crippen LogP contribution in [-0.4, -0.2) is 45.7 Å². The van der Waals surface area contributed by atoms with Crippen molar-refractivity contribution in [2.75, 3.05) is 31.1 Å². The van der Waals surface area contributed by atoms with Gasteiger partial charge in [-0.15, -0.1) is 0 Å². The van der Waals surface area contributed by atoms with Crippen molar-refractivity contribution in [1.82, 2.24) is 24.9 Å². The molecule has 0 bridgehead atoms. The summed E-state index contributed by atoms with van der Waals surface area (Å²) >= 11 is 0. The maximum absolute atomic E-state index is 12.5. The molecule has 1 aromatic carbocycles. The maximum Gasteiger partial charge on any atom is 0.269 e. The molecule has 7 heteroatoms. The number of hydrogen-bond acceptors (Lipinski definition) is 5. The van der Waals surface area contributed by atoms with Crippen LogP contribution in [-0.2, 0) is 6.54 Å².